The number of rotatable bonds is 7. The van der Waals surface area contributed by atoms with Gasteiger partial charge in [0.2, 0.25) is 0 Å². The minimum atomic E-state index is -0.622. The van der Waals surface area contributed by atoms with E-state index in [1.807, 2.05) is 26.0 Å². The number of benzene rings is 1. The van der Waals surface area contributed by atoms with Gasteiger partial charge in [-0.2, -0.15) is 5.10 Å². The first-order valence-electron chi connectivity index (χ1n) is 7.75. The highest BCUT2D eigenvalue weighted by Gasteiger charge is 2.15. The number of amides is 1. The molecule has 2 rings (SSSR count). The Balaban J connectivity index is 1.81. The maximum atomic E-state index is 11.9. The van der Waals surface area contributed by atoms with Crippen LogP contribution in [0.4, 0.5) is 0 Å². The SMILES string of the molecule is CCCc1cc(C(=O)OCC(=O)NC(C)c2ccc(Cl)cc2)n[nH]1. The van der Waals surface area contributed by atoms with Gasteiger partial charge in [-0.25, -0.2) is 4.79 Å². The summed E-state index contributed by atoms with van der Waals surface area (Å²) in [7, 11) is 0. The first-order valence-corrected chi connectivity index (χ1v) is 8.13. The molecule has 2 N–H and O–H groups in total. The summed E-state index contributed by atoms with van der Waals surface area (Å²) in [6, 6.07) is 8.60. The summed E-state index contributed by atoms with van der Waals surface area (Å²) >= 11 is 5.83. The van der Waals surface area contributed by atoms with Crippen LogP contribution in [0.25, 0.3) is 0 Å². The monoisotopic (exact) mass is 349 g/mol. The number of aromatic amines is 1. The second-order valence-electron chi connectivity index (χ2n) is 5.45. The van der Waals surface area contributed by atoms with Crippen molar-refractivity contribution in [2.24, 2.45) is 0 Å². The summed E-state index contributed by atoms with van der Waals surface area (Å²) in [4.78, 5) is 23.8. The summed E-state index contributed by atoms with van der Waals surface area (Å²) in [6.07, 6.45) is 1.75. The van der Waals surface area contributed by atoms with Crippen molar-refractivity contribution in [2.75, 3.05) is 6.61 Å². The predicted octanol–water partition coefficient (Wildman–Crippen LogP) is 3.05. The van der Waals surface area contributed by atoms with Crippen molar-refractivity contribution < 1.29 is 14.3 Å². The number of hydrogen-bond acceptors (Lipinski definition) is 4. The minimum absolute atomic E-state index is 0.178. The van der Waals surface area contributed by atoms with Crippen molar-refractivity contribution in [2.45, 2.75) is 32.7 Å². The van der Waals surface area contributed by atoms with E-state index in [0.717, 1.165) is 24.1 Å². The van der Waals surface area contributed by atoms with Gasteiger partial charge < -0.3 is 10.1 Å². The van der Waals surface area contributed by atoms with Gasteiger partial charge in [-0.05, 0) is 37.1 Å². The molecule has 0 aliphatic carbocycles. The van der Waals surface area contributed by atoms with E-state index in [-0.39, 0.29) is 24.2 Å². The van der Waals surface area contributed by atoms with E-state index in [9.17, 15) is 9.59 Å². The van der Waals surface area contributed by atoms with Gasteiger partial charge in [0.25, 0.3) is 5.91 Å². The Labute approximate surface area is 145 Å². The van der Waals surface area contributed by atoms with Gasteiger partial charge >= 0.3 is 5.97 Å². The van der Waals surface area contributed by atoms with E-state index in [2.05, 4.69) is 15.5 Å². The van der Waals surface area contributed by atoms with Crippen LogP contribution in [0.3, 0.4) is 0 Å². The van der Waals surface area contributed by atoms with E-state index in [1.165, 1.54) is 0 Å². The molecule has 1 aromatic carbocycles. The normalized spacial score (nSPS) is 11.8. The quantitative estimate of drug-likeness (QED) is 0.752. The molecule has 0 saturated heterocycles. The molecule has 0 aliphatic heterocycles. The van der Waals surface area contributed by atoms with Crippen LogP contribution in [-0.4, -0.2) is 28.7 Å². The highest BCUT2D eigenvalue weighted by Crippen LogP contribution is 2.15. The van der Waals surface area contributed by atoms with Gasteiger partial charge in [0, 0.05) is 10.7 Å². The number of carbonyl (C=O) groups excluding carboxylic acids is 2. The molecule has 0 bridgehead atoms. The van der Waals surface area contributed by atoms with Crippen LogP contribution in [0.15, 0.2) is 30.3 Å². The molecule has 0 saturated carbocycles. The van der Waals surface area contributed by atoms with E-state index in [4.69, 9.17) is 16.3 Å². The lowest BCUT2D eigenvalue weighted by atomic mass is 10.1. The van der Waals surface area contributed by atoms with Gasteiger partial charge in [-0.3, -0.25) is 9.89 Å². The Hall–Kier alpha value is -2.34. The lowest BCUT2D eigenvalue weighted by Crippen LogP contribution is -2.31. The highest BCUT2D eigenvalue weighted by molar-refractivity contribution is 6.30. The number of hydrogen-bond donors (Lipinski definition) is 2. The molecule has 1 atom stereocenters. The molecule has 1 heterocycles. The Kier molecular flexibility index (Phi) is 6.37. The van der Waals surface area contributed by atoms with Gasteiger partial charge in [-0.1, -0.05) is 37.1 Å². The van der Waals surface area contributed by atoms with Crippen LogP contribution < -0.4 is 5.32 Å². The average molecular weight is 350 g/mol. The molecule has 0 spiro atoms. The van der Waals surface area contributed by atoms with E-state index in [0.29, 0.717) is 5.02 Å². The molecular formula is C17H20ClN3O3. The first kappa shape index (κ1) is 18.0. The van der Waals surface area contributed by atoms with Crippen molar-refractivity contribution in [1.29, 1.82) is 0 Å². The van der Waals surface area contributed by atoms with Crippen molar-refractivity contribution in [3.8, 4) is 0 Å². The van der Waals surface area contributed by atoms with Crippen LogP contribution in [0.5, 0.6) is 0 Å². The second kappa shape index (κ2) is 8.49. The van der Waals surface area contributed by atoms with Crippen LogP contribution in [-0.2, 0) is 16.0 Å². The first-order chi connectivity index (χ1) is 11.5. The van der Waals surface area contributed by atoms with Gasteiger partial charge in [0.1, 0.15) is 0 Å². The van der Waals surface area contributed by atoms with Crippen molar-refractivity contribution in [3.63, 3.8) is 0 Å². The zero-order chi connectivity index (χ0) is 17.5. The highest BCUT2D eigenvalue weighted by atomic mass is 35.5. The number of H-pyrrole nitrogens is 1. The van der Waals surface area contributed by atoms with Crippen LogP contribution in [0.2, 0.25) is 5.02 Å². The Morgan fingerprint density at radius 3 is 2.71 bits per heavy atom. The number of aryl methyl sites for hydroxylation is 1. The topological polar surface area (TPSA) is 84.1 Å². The smallest absolute Gasteiger partial charge is 0.359 e. The van der Waals surface area contributed by atoms with E-state index < -0.39 is 5.97 Å². The number of esters is 1. The summed E-state index contributed by atoms with van der Waals surface area (Å²) < 4.78 is 4.98. The molecule has 128 valence electrons. The number of nitrogens with one attached hydrogen (secondary N) is 2. The fourth-order valence-electron chi connectivity index (χ4n) is 2.19. The van der Waals surface area contributed by atoms with Gasteiger partial charge in [0.15, 0.2) is 12.3 Å². The minimum Gasteiger partial charge on any atom is -0.451 e. The lowest BCUT2D eigenvalue weighted by molar-refractivity contribution is -0.124. The number of carbonyl (C=O) groups is 2. The van der Waals surface area contributed by atoms with Crippen molar-refractivity contribution in [1.82, 2.24) is 15.5 Å². The molecule has 6 nitrogen and oxygen atoms in total. The van der Waals surface area contributed by atoms with Crippen LogP contribution >= 0.6 is 11.6 Å². The van der Waals surface area contributed by atoms with Crippen LogP contribution in [0.1, 0.15) is 48.1 Å². The third kappa shape index (κ3) is 5.09. The zero-order valence-electron chi connectivity index (χ0n) is 13.6. The molecule has 24 heavy (non-hydrogen) atoms. The molecule has 0 aliphatic rings. The second-order valence-corrected chi connectivity index (χ2v) is 5.88. The van der Waals surface area contributed by atoms with E-state index >= 15 is 0 Å². The average Bonchev–Trinajstić information content (AvgIpc) is 3.02. The number of ether oxygens (including phenoxy) is 1. The molecule has 1 amide bonds. The third-order valence-electron chi connectivity index (χ3n) is 3.44. The molecule has 2 aromatic rings. The zero-order valence-corrected chi connectivity index (χ0v) is 14.4. The predicted molar refractivity (Wildman–Crippen MR) is 90.9 cm³/mol. The molecular weight excluding hydrogens is 330 g/mol. The lowest BCUT2D eigenvalue weighted by Gasteiger charge is -2.14. The number of halogens is 1. The Morgan fingerprint density at radius 1 is 1.33 bits per heavy atom. The number of aromatic nitrogens is 2. The summed E-state index contributed by atoms with van der Waals surface area (Å²) in [6.45, 7) is 3.52. The molecule has 0 radical (unpaired) electrons. The van der Waals surface area contributed by atoms with Crippen LogP contribution in [0, 0.1) is 0 Å². The standard InChI is InChI=1S/C17H20ClN3O3/c1-3-4-14-9-15(21-20-14)17(23)24-10-16(22)19-11(2)12-5-7-13(18)8-6-12/h5-9,11H,3-4,10H2,1-2H3,(H,19,22)(H,20,21). The fraction of sp³-hybridized carbons (Fsp3) is 0.353. The summed E-state index contributed by atoms with van der Waals surface area (Å²) in [5, 5.41) is 10.0. The van der Waals surface area contributed by atoms with Gasteiger partial charge in [0.05, 0.1) is 6.04 Å². The van der Waals surface area contributed by atoms with E-state index in [1.54, 1.807) is 18.2 Å². The Morgan fingerprint density at radius 2 is 2.04 bits per heavy atom. The summed E-state index contributed by atoms with van der Waals surface area (Å²) in [5.41, 5.74) is 1.96. The largest absolute Gasteiger partial charge is 0.451 e. The molecule has 7 heteroatoms. The molecule has 1 aromatic heterocycles. The van der Waals surface area contributed by atoms with Gasteiger partial charge in [-0.15, -0.1) is 0 Å². The fourth-order valence-corrected chi connectivity index (χ4v) is 2.31. The molecule has 1 unspecified atom stereocenters. The van der Waals surface area contributed by atoms with Crippen molar-refractivity contribution in [3.05, 3.63) is 52.3 Å². The maximum absolute atomic E-state index is 11.9. The molecule has 0 fully saturated rings. The Bertz CT molecular complexity index is 697. The van der Waals surface area contributed by atoms with Crippen molar-refractivity contribution >= 4 is 23.5 Å². The maximum Gasteiger partial charge on any atom is 0.359 e. The summed E-state index contributed by atoms with van der Waals surface area (Å²) in [5.74, 6) is -1.00. The number of nitrogens with zero attached hydrogens (tertiary/aromatic N) is 1. The third-order valence-corrected chi connectivity index (χ3v) is 3.69.